The molecule has 4 heterocycles. The van der Waals surface area contributed by atoms with Crippen molar-refractivity contribution in [3.63, 3.8) is 0 Å². The van der Waals surface area contributed by atoms with Crippen molar-refractivity contribution in [2.24, 2.45) is 29.1 Å². The minimum absolute atomic E-state index is 0.108. The van der Waals surface area contributed by atoms with Crippen LogP contribution in [0.1, 0.15) is 113 Å². The van der Waals surface area contributed by atoms with Gasteiger partial charge in [-0.3, -0.25) is 9.48 Å². The zero-order valence-corrected chi connectivity index (χ0v) is 31.0. The number of benzene rings is 1. The predicted octanol–water partition coefficient (Wildman–Crippen LogP) is 6.85. The van der Waals surface area contributed by atoms with Gasteiger partial charge in [-0.2, -0.15) is 9.40 Å². The highest BCUT2D eigenvalue weighted by Crippen LogP contribution is 2.52. The molecule has 1 spiro atoms. The van der Waals surface area contributed by atoms with Crippen LogP contribution in [0.25, 0.3) is 0 Å². The first-order valence-corrected chi connectivity index (χ1v) is 20.4. The van der Waals surface area contributed by atoms with Crippen LogP contribution in [0.5, 0.6) is 0 Å². The normalized spacial score (nSPS) is 25.8. The summed E-state index contributed by atoms with van der Waals surface area (Å²) < 4.78 is 31.4. The Kier molecular flexibility index (Phi) is 11.1. The molecule has 270 valence electrons. The maximum atomic E-state index is 14.2. The molecule has 3 atom stereocenters. The molecule has 3 amide bonds. The van der Waals surface area contributed by atoms with Gasteiger partial charge in [0.15, 0.2) is 0 Å². The van der Waals surface area contributed by atoms with Crippen molar-refractivity contribution in [3.8, 4) is 0 Å². The number of anilines is 1. The third kappa shape index (κ3) is 7.72. The average Bonchev–Trinajstić information content (AvgIpc) is 3.40. The van der Waals surface area contributed by atoms with Crippen molar-refractivity contribution in [1.82, 2.24) is 24.3 Å². The van der Waals surface area contributed by atoms with Gasteiger partial charge >= 0.3 is 6.03 Å². The molecule has 6 rings (SSSR count). The molecule has 49 heavy (non-hydrogen) atoms. The fourth-order valence-corrected chi connectivity index (χ4v) is 11.3. The third-order valence-corrected chi connectivity index (χ3v) is 14.1. The number of sulfonamides is 1. The summed E-state index contributed by atoms with van der Waals surface area (Å²) in [6.45, 7) is 9.99. The number of carbonyl (C=O) groups is 2. The van der Waals surface area contributed by atoms with Gasteiger partial charge in [0.05, 0.1) is 21.8 Å². The smallest absolute Gasteiger partial charge is 0.318 e. The molecule has 2 aromatic rings. The molecular formula is C38H58N6O4S. The Bertz CT molecular complexity index is 1560. The zero-order chi connectivity index (χ0) is 34.8. The Morgan fingerprint density at radius 1 is 0.898 bits per heavy atom. The van der Waals surface area contributed by atoms with Crippen molar-refractivity contribution in [2.75, 3.05) is 38.5 Å². The number of piperidine rings is 2. The maximum absolute atomic E-state index is 14.2. The van der Waals surface area contributed by atoms with Gasteiger partial charge in [-0.05, 0) is 98.8 Å². The average molecular weight is 695 g/mol. The summed E-state index contributed by atoms with van der Waals surface area (Å²) in [5, 5.41) is 10.3. The van der Waals surface area contributed by atoms with E-state index in [1.807, 2.05) is 6.92 Å². The topological polar surface area (TPSA) is 117 Å². The number of fused-ring (bicyclic) bond motifs is 1. The van der Waals surface area contributed by atoms with Crippen molar-refractivity contribution in [1.29, 1.82) is 0 Å². The summed E-state index contributed by atoms with van der Waals surface area (Å²) in [5.41, 5.74) is 3.45. The second-order valence-electron chi connectivity index (χ2n) is 15.8. The Morgan fingerprint density at radius 2 is 1.49 bits per heavy atom. The molecular weight excluding hydrogens is 637 g/mol. The van der Waals surface area contributed by atoms with Crippen molar-refractivity contribution < 1.29 is 18.0 Å². The van der Waals surface area contributed by atoms with Gasteiger partial charge in [-0.15, -0.1) is 0 Å². The second-order valence-corrected chi connectivity index (χ2v) is 17.8. The predicted molar refractivity (Wildman–Crippen MR) is 193 cm³/mol. The number of hydrogen-bond acceptors (Lipinski definition) is 5. The van der Waals surface area contributed by atoms with Gasteiger partial charge in [0.1, 0.15) is 0 Å². The molecule has 2 N–H and O–H groups in total. The fraction of sp³-hybridized carbons (Fsp3) is 0.711. The molecule has 3 fully saturated rings. The van der Waals surface area contributed by atoms with Crippen molar-refractivity contribution >= 4 is 27.6 Å². The first-order valence-electron chi connectivity index (χ1n) is 19.0. The summed E-state index contributed by atoms with van der Waals surface area (Å²) in [6.07, 6.45) is 14.9. The number of aryl methyl sites for hydroxylation is 1. The Labute approximate surface area is 293 Å². The first kappa shape index (κ1) is 35.9. The van der Waals surface area contributed by atoms with Crippen molar-refractivity contribution in [3.05, 3.63) is 41.2 Å². The molecule has 1 saturated carbocycles. The van der Waals surface area contributed by atoms with E-state index in [0.29, 0.717) is 42.4 Å². The van der Waals surface area contributed by atoms with E-state index >= 15 is 0 Å². The fourth-order valence-electron chi connectivity index (χ4n) is 9.80. The number of rotatable bonds is 5. The van der Waals surface area contributed by atoms with E-state index in [0.717, 1.165) is 62.3 Å². The van der Waals surface area contributed by atoms with Crippen LogP contribution in [0, 0.1) is 36.0 Å². The summed E-state index contributed by atoms with van der Waals surface area (Å²) >= 11 is 0. The highest BCUT2D eigenvalue weighted by atomic mass is 32.2. The third-order valence-electron chi connectivity index (χ3n) is 12.2. The first-order chi connectivity index (χ1) is 23.5. The lowest BCUT2D eigenvalue weighted by Gasteiger charge is -2.50. The molecule has 1 aromatic carbocycles. The van der Waals surface area contributed by atoms with E-state index in [1.54, 1.807) is 28.6 Å². The number of urea groups is 1. The number of nitrogens with zero attached hydrogens (tertiary/aromatic N) is 4. The largest absolute Gasteiger partial charge is 0.341 e. The molecule has 1 aromatic heterocycles. The molecule has 2 saturated heterocycles. The SMILES string of the molecule is CNC(=O)Nc1ccc(S(=O)(=O)N2CCC(C3Cc4c(C(=O)N5CC(C)CC(C)C5)c(C)nn4CC34CCCCCCCCC4)CC2)cc1. The number of nitrogens with one attached hydrogen (secondary N) is 2. The highest BCUT2D eigenvalue weighted by Gasteiger charge is 2.48. The van der Waals surface area contributed by atoms with E-state index < -0.39 is 10.0 Å². The molecule has 1 aliphatic carbocycles. The highest BCUT2D eigenvalue weighted by molar-refractivity contribution is 7.89. The summed E-state index contributed by atoms with van der Waals surface area (Å²) in [4.78, 5) is 28.3. The Hall–Kier alpha value is -2.92. The lowest BCUT2D eigenvalue weighted by atomic mass is 9.59. The zero-order valence-electron chi connectivity index (χ0n) is 30.2. The van der Waals surface area contributed by atoms with Gasteiger partial charge < -0.3 is 15.5 Å². The maximum Gasteiger partial charge on any atom is 0.318 e. The van der Waals surface area contributed by atoms with Crippen molar-refractivity contribution in [2.45, 2.75) is 116 Å². The standard InChI is InChI=1S/C38H58N6O4S/c1-27-22-28(2)25-42(24-27)36(45)35-29(3)41-44-26-38(18-10-8-6-5-7-9-11-19-38)33(23-34(35)44)30-16-20-43(21-17-30)49(47,48)32-14-12-31(13-15-32)40-37(46)39-4/h12-15,27-28,30,33H,5-11,16-26H2,1-4H3,(H2,39,40,46). The van der Waals surface area contributed by atoms with Crippen LogP contribution < -0.4 is 10.6 Å². The van der Waals surface area contributed by atoms with Gasteiger partial charge in [0, 0.05) is 45.5 Å². The molecule has 11 heteroatoms. The van der Waals surface area contributed by atoms with Gasteiger partial charge in [-0.1, -0.05) is 58.8 Å². The van der Waals surface area contributed by atoms with E-state index in [4.69, 9.17) is 5.10 Å². The lowest BCUT2D eigenvalue weighted by molar-refractivity contribution is 0.00796. The number of carbonyl (C=O) groups excluding carboxylic acids is 2. The van der Waals surface area contributed by atoms with Gasteiger partial charge in [0.25, 0.3) is 5.91 Å². The van der Waals surface area contributed by atoms with Crippen LogP contribution in [0.3, 0.4) is 0 Å². The van der Waals surface area contributed by atoms with Crippen LogP contribution in [-0.2, 0) is 23.0 Å². The van der Waals surface area contributed by atoms with Crippen LogP contribution in [0.15, 0.2) is 29.2 Å². The second kappa shape index (κ2) is 15.1. The Balaban J connectivity index is 1.25. The summed E-state index contributed by atoms with van der Waals surface area (Å²) in [6, 6.07) is 6.08. The monoisotopic (exact) mass is 694 g/mol. The van der Waals surface area contributed by atoms with E-state index in [-0.39, 0.29) is 22.2 Å². The summed E-state index contributed by atoms with van der Waals surface area (Å²) in [5.74, 6) is 1.92. The van der Waals surface area contributed by atoms with Crippen LogP contribution in [0.4, 0.5) is 10.5 Å². The number of likely N-dealkylation sites (tertiary alicyclic amines) is 1. The molecule has 3 unspecified atom stereocenters. The Morgan fingerprint density at radius 3 is 2.08 bits per heavy atom. The molecule has 10 nitrogen and oxygen atoms in total. The number of hydrogen-bond donors (Lipinski definition) is 2. The molecule has 4 aliphatic rings. The van der Waals surface area contributed by atoms with E-state index in [1.165, 1.54) is 64.8 Å². The molecule has 0 bridgehead atoms. The number of amides is 3. The minimum Gasteiger partial charge on any atom is -0.341 e. The lowest BCUT2D eigenvalue weighted by Crippen LogP contribution is -2.49. The van der Waals surface area contributed by atoms with Crippen LogP contribution >= 0.6 is 0 Å². The van der Waals surface area contributed by atoms with Crippen LogP contribution in [0.2, 0.25) is 0 Å². The van der Waals surface area contributed by atoms with Gasteiger partial charge in [-0.25, -0.2) is 13.2 Å². The molecule has 3 aliphatic heterocycles. The van der Waals surface area contributed by atoms with Crippen LogP contribution in [-0.4, -0.2) is 72.6 Å². The van der Waals surface area contributed by atoms with E-state index in [2.05, 4.69) is 34.1 Å². The minimum atomic E-state index is -3.66. The van der Waals surface area contributed by atoms with Gasteiger partial charge in [0.2, 0.25) is 10.0 Å². The summed E-state index contributed by atoms with van der Waals surface area (Å²) in [7, 11) is -2.13. The van der Waals surface area contributed by atoms with E-state index in [9.17, 15) is 18.0 Å². The number of aromatic nitrogens is 2. The molecule has 0 radical (unpaired) electrons. The quantitative estimate of drug-likeness (QED) is 0.356.